The Hall–Kier alpha value is -1.81. The highest BCUT2D eigenvalue weighted by molar-refractivity contribution is 7.12. The molecule has 0 radical (unpaired) electrons. The lowest BCUT2D eigenvalue weighted by atomic mass is 10.1. The SMILES string of the molecule is Cc1ccc(C(C)NC(=O)c2ccc(O)c(C)c2)s1. The zero-order chi connectivity index (χ0) is 14.0. The van der Waals surface area contributed by atoms with Gasteiger partial charge in [0.25, 0.3) is 5.91 Å². The molecule has 1 atom stereocenters. The van der Waals surface area contributed by atoms with Crippen LogP contribution in [-0.4, -0.2) is 11.0 Å². The number of amides is 1. The second-order valence-electron chi connectivity index (χ2n) is 4.64. The summed E-state index contributed by atoms with van der Waals surface area (Å²) < 4.78 is 0. The predicted octanol–water partition coefficient (Wildman–Crippen LogP) is 3.56. The molecule has 2 N–H and O–H groups in total. The molecule has 1 amide bonds. The quantitative estimate of drug-likeness (QED) is 0.899. The molecule has 0 saturated heterocycles. The van der Waals surface area contributed by atoms with Gasteiger partial charge in [-0.25, -0.2) is 0 Å². The minimum Gasteiger partial charge on any atom is -0.508 e. The number of rotatable bonds is 3. The Balaban J connectivity index is 2.10. The van der Waals surface area contributed by atoms with Gasteiger partial charge in [-0.2, -0.15) is 0 Å². The molecule has 0 bridgehead atoms. The number of benzene rings is 1. The molecule has 2 rings (SSSR count). The molecule has 100 valence electrons. The van der Waals surface area contributed by atoms with E-state index >= 15 is 0 Å². The number of phenolic OH excluding ortho intramolecular Hbond substituents is 1. The zero-order valence-corrected chi connectivity index (χ0v) is 12.0. The van der Waals surface area contributed by atoms with Crippen molar-refractivity contribution in [2.45, 2.75) is 26.8 Å². The van der Waals surface area contributed by atoms with Gasteiger partial charge in [-0.3, -0.25) is 4.79 Å². The molecule has 19 heavy (non-hydrogen) atoms. The van der Waals surface area contributed by atoms with Gasteiger partial charge in [0.2, 0.25) is 0 Å². The van der Waals surface area contributed by atoms with E-state index < -0.39 is 0 Å². The van der Waals surface area contributed by atoms with Crippen LogP contribution in [0, 0.1) is 13.8 Å². The summed E-state index contributed by atoms with van der Waals surface area (Å²) in [7, 11) is 0. The number of hydrogen-bond acceptors (Lipinski definition) is 3. The number of carbonyl (C=O) groups excluding carboxylic acids is 1. The molecule has 1 aromatic heterocycles. The van der Waals surface area contributed by atoms with Crippen molar-refractivity contribution in [3.8, 4) is 5.75 Å². The molecule has 2 aromatic rings. The van der Waals surface area contributed by atoms with Gasteiger partial charge in [0.05, 0.1) is 6.04 Å². The lowest BCUT2D eigenvalue weighted by Gasteiger charge is -2.12. The Morgan fingerprint density at radius 3 is 2.58 bits per heavy atom. The first-order valence-electron chi connectivity index (χ1n) is 6.14. The largest absolute Gasteiger partial charge is 0.508 e. The zero-order valence-electron chi connectivity index (χ0n) is 11.2. The highest BCUT2D eigenvalue weighted by atomic mass is 32.1. The van der Waals surface area contributed by atoms with E-state index in [1.54, 1.807) is 36.5 Å². The van der Waals surface area contributed by atoms with Crippen LogP contribution in [0.3, 0.4) is 0 Å². The first kappa shape index (κ1) is 13.6. The van der Waals surface area contributed by atoms with Crippen LogP contribution in [-0.2, 0) is 0 Å². The number of phenols is 1. The summed E-state index contributed by atoms with van der Waals surface area (Å²) in [5.41, 5.74) is 1.27. The van der Waals surface area contributed by atoms with Gasteiger partial charge in [-0.05, 0) is 56.7 Å². The van der Waals surface area contributed by atoms with Crippen LogP contribution < -0.4 is 5.32 Å². The van der Waals surface area contributed by atoms with Crippen LogP contribution in [0.4, 0.5) is 0 Å². The van der Waals surface area contributed by atoms with E-state index in [0.717, 1.165) is 4.88 Å². The predicted molar refractivity (Wildman–Crippen MR) is 77.8 cm³/mol. The second-order valence-corrected chi connectivity index (χ2v) is 5.96. The van der Waals surface area contributed by atoms with Gasteiger partial charge in [0.15, 0.2) is 0 Å². The number of carbonyl (C=O) groups is 1. The number of nitrogens with one attached hydrogen (secondary N) is 1. The molecule has 0 aliphatic rings. The third kappa shape index (κ3) is 3.15. The van der Waals surface area contributed by atoms with Crippen LogP contribution in [0.15, 0.2) is 30.3 Å². The maximum Gasteiger partial charge on any atom is 0.251 e. The molecule has 4 heteroatoms. The van der Waals surface area contributed by atoms with Crippen molar-refractivity contribution in [1.82, 2.24) is 5.32 Å². The normalized spacial score (nSPS) is 12.2. The minimum atomic E-state index is -0.123. The van der Waals surface area contributed by atoms with Crippen LogP contribution in [0.2, 0.25) is 0 Å². The average Bonchev–Trinajstić information content (AvgIpc) is 2.79. The van der Waals surface area contributed by atoms with E-state index in [1.165, 1.54) is 4.88 Å². The lowest BCUT2D eigenvalue weighted by molar-refractivity contribution is 0.0940. The van der Waals surface area contributed by atoms with Gasteiger partial charge in [0.1, 0.15) is 5.75 Å². The fourth-order valence-corrected chi connectivity index (χ4v) is 2.71. The molecule has 0 fully saturated rings. The van der Waals surface area contributed by atoms with E-state index in [2.05, 4.69) is 5.32 Å². The van der Waals surface area contributed by atoms with Crippen molar-refractivity contribution in [3.63, 3.8) is 0 Å². The van der Waals surface area contributed by atoms with Crippen molar-refractivity contribution in [2.24, 2.45) is 0 Å². The van der Waals surface area contributed by atoms with E-state index in [4.69, 9.17) is 0 Å². The van der Waals surface area contributed by atoms with Crippen LogP contribution in [0.25, 0.3) is 0 Å². The van der Waals surface area contributed by atoms with Crippen molar-refractivity contribution < 1.29 is 9.90 Å². The monoisotopic (exact) mass is 275 g/mol. The van der Waals surface area contributed by atoms with Crippen molar-refractivity contribution in [1.29, 1.82) is 0 Å². The van der Waals surface area contributed by atoms with Crippen molar-refractivity contribution in [3.05, 3.63) is 51.2 Å². The number of aromatic hydroxyl groups is 1. The van der Waals surface area contributed by atoms with E-state index in [-0.39, 0.29) is 17.7 Å². The standard InChI is InChI=1S/C15H17NO2S/c1-9-8-12(5-6-13(9)17)15(18)16-11(3)14-7-4-10(2)19-14/h4-8,11,17H,1-3H3,(H,16,18). The first-order chi connectivity index (χ1) is 8.97. The van der Waals surface area contributed by atoms with E-state index in [1.807, 2.05) is 26.0 Å². The minimum absolute atomic E-state index is 0.0136. The molecule has 1 unspecified atom stereocenters. The number of hydrogen-bond donors (Lipinski definition) is 2. The topological polar surface area (TPSA) is 49.3 Å². The van der Waals surface area contributed by atoms with Gasteiger partial charge in [-0.15, -0.1) is 11.3 Å². The summed E-state index contributed by atoms with van der Waals surface area (Å²) in [4.78, 5) is 14.5. The molecule has 0 spiro atoms. The molecule has 0 aliphatic heterocycles. The van der Waals surface area contributed by atoms with E-state index in [9.17, 15) is 9.90 Å². The van der Waals surface area contributed by atoms with Gasteiger partial charge in [-0.1, -0.05) is 0 Å². The summed E-state index contributed by atoms with van der Waals surface area (Å²) >= 11 is 1.68. The van der Waals surface area contributed by atoms with Crippen LogP contribution in [0.1, 0.15) is 38.6 Å². The Kier molecular flexibility index (Phi) is 3.90. The third-order valence-corrected chi connectivity index (χ3v) is 4.18. The summed E-state index contributed by atoms with van der Waals surface area (Å²) in [5.74, 6) is 0.0835. The maximum absolute atomic E-state index is 12.1. The van der Waals surface area contributed by atoms with Crippen molar-refractivity contribution >= 4 is 17.2 Å². The first-order valence-corrected chi connectivity index (χ1v) is 6.96. The maximum atomic E-state index is 12.1. The Labute approximate surface area is 116 Å². The Morgan fingerprint density at radius 1 is 1.26 bits per heavy atom. The van der Waals surface area contributed by atoms with Crippen molar-refractivity contribution in [2.75, 3.05) is 0 Å². The average molecular weight is 275 g/mol. The highest BCUT2D eigenvalue weighted by Crippen LogP contribution is 2.23. The number of thiophene rings is 1. The van der Waals surface area contributed by atoms with Gasteiger partial charge in [0, 0.05) is 15.3 Å². The Bertz CT molecular complexity index is 604. The fraction of sp³-hybridized carbons (Fsp3) is 0.267. The molecule has 1 heterocycles. The summed E-state index contributed by atoms with van der Waals surface area (Å²) in [6.45, 7) is 5.79. The molecular weight excluding hydrogens is 258 g/mol. The fourth-order valence-electron chi connectivity index (χ4n) is 1.83. The van der Waals surface area contributed by atoms with E-state index in [0.29, 0.717) is 11.1 Å². The molecule has 1 aromatic carbocycles. The number of aryl methyl sites for hydroxylation is 2. The van der Waals surface area contributed by atoms with Gasteiger partial charge >= 0.3 is 0 Å². The smallest absolute Gasteiger partial charge is 0.251 e. The second kappa shape index (κ2) is 5.45. The lowest BCUT2D eigenvalue weighted by Crippen LogP contribution is -2.26. The van der Waals surface area contributed by atoms with Crippen LogP contribution >= 0.6 is 11.3 Å². The summed E-state index contributed by atoms with van der Waals surface area (Å²) in [5, 5.41) is 12.4. The molecular formula is C15H17NO2S. The third-order valence-electron chi connectivity index (χ3n) is 2.99. The highest BCUT2D eigenvalue weighted by Gasteiger charge is 2.13. The molecule has 3 nitrogen and oxygen atoms in total. The summed E-state index contributed by atoms with van der Waals surface area (Å²) in [6.07, 6.45) is 0. The Morgan fingerprint density at radius 2 is 2.00 bits per heavy atom. The van der Waals surface area contributed by atoms with Crippen LogP contribution in [0.5, 0.6) is 5.75 Å². The van der Waals surface area contributed by atoms with Gasteiger partial charge < -0.3 is 10.4 Å². The summed E-state index contributed by atoms with van der Waals surface area (Å²) in [6, 6.07) is 8.94. The molecule has 0 saturated carbocycles. The molecule has 0 aliphatic carbocycles.